The second-order valence-electron chi connectivity index (χ2n) is 12.0. The van der Waals surface area contributed by atoms with Crippen LogP contribution in [-0.4, -0.2) is 25.7 Å². The highest BCUT2D eigenvalue weighted by Gasteiger charge is 2.21. The molecule has 0 bridgehead atoms. The summed E-state index contributed by atoms with van der Waals surface area (Å²) in [7, 11) is 0. The fraction of sp³-hybridized carbons (Fsp3) is 0.971. The van der Waals surface area contributed by atoms with E-state index in [-0.39, 0.29) is 11.9 Å². The molecule has 37 heavy (non-hydrogen) atoms. The Balaban J connectivity index is 1.64. The second kappa shape index (κ2) is 28.4. The first-order valence-electron chi connectivity index (χ1n) is 17.2. The normalized spacial score (nSPS) is 14.3. The quantitative estimate of drug-likeness (QED) is 0.0821. The Kier molecular flexibility index (Phi) is 26.5. The molecule has 0 radical (unpaired) electrons. The fourth-order valence-corrected chi connectivity index (χ4v) is 5.77. The second-order valence-corrected chi connectivity index (χ2v) is 12.0. The van der Waals surface area contributed by atoms with Gasteiger partial charge >= 0.3 is 5.97 Å². The lowest BCUT2D eigenvalue weighted by molar-refractivity contribution is -0.149. The maximum atomic E-state index is 12.0. The minimum Gasteiger partial charge on any atom is -0.465 e. The highest BCUT2D eigenvalue weighted by Crippen LogP contribution is 2.17. The van der Waals surface area contributed by atoms with Gasteiger partial charge in [-0.25, -0.2) is 0 Å². The zero-order valence-electron chi connectivity index (χ0n) is 25.3. The molecule has 3 nitrogen and oxygen atoms in total. The van der Waals surface area contributed by atoms with Gasteiger partial charge < -0.3 is 10.1 Å². The fourth-order valence-electron chi connectivity index (χ4n) is 5.77. The number of unbranched alkanes of at least 4 members (excludes halogenated alkanes) is 25. The standard InChI is InChI=1S/C34H67NO2/c1-2-3-4-5-6-7-8-9-10-11-12-13-14-15-16-17-18-19-20-21-22-23-24-25-26-27-32-37-34(36)33-28-30-35-31-29-33/h33,35H,2-32H2,1H3. The van der Waals surface area contributed by atoms with Crippen LogP contribution in [0, 0.1) is 5.92 Å². The molecule has 0 aliphatic carbocycles. The molecule has 0 aromatic heterocycles. The van der Waals surface area contributed by atoms with Crippen LogP contribution in [0.4, 0.5) is 0 Å². The molecule has 1 heterocycles. The number of ether oxygens (including phenoxy) is 1. The van der Waals surface area contributed by atoms with Crippen LogP contribution in [0.25, 0.3) is 0 Å². The van der Waals surface area contributed by atoms with E-state index in [0.717, 1.165) is 32.4 Å². The first kappa shape index (κ1) is 34.5. The number of nitrogens with one attached hydrogen (secondary N) is 1. The van der Waals surface area contributed by atoms with Gasteiger partial charge in [0.05, 0.1) is 12.5 Å². The van der Waals surface area contributed by atoms with Gasteiger partial charge in [-0.2, -0.15) is 0 Å². The van der Waals surface area contributed by atoms with Gasteiger partial charge in [0.1, 0.15) is 0 Å². The highest BCUT2D eigenvalue weighted by molar-refractivity contribution is 5.72. The van der Waals surface area contributed by atoms with Crippen molar-refractivity contribution in [2.75, 3.05) is 19.7 Å². The van der Waals surface area contributed by atoms with Gasteiger partial charge in [-0.05, 0) is 32.4 Å². The van der Waals surface area contributed by atoms with Crippen molar-refractivity contribution >= 4 is 5.97 Å². The first-order valence-corrected chi connectivity index (χ1v) is 17.2. The first-order chi connectivity index (χ1) is 18.3. The zero-order chi connectivity index (χ0) is 26.5. The summed E-state index contributed by atoms with van der Waals surface area (Å²) in [6.07, 6.45) is 38.7. The molecule has 1 aliphatic heterocycles. The third-order valence-electron chi connectivity index (χ3n) is 8.41. The van der Waals surface area contributed by atoms with Crippen LogP contribution in [0.2, 0.25) is 0 Å². The lowest BCUT2D eigenvalue weighted by Gasteiger charge is -2.20. The molecule has 0 saturated carbocycles. The van der Waals surface area contributed by atoms with E-state index in [2.05, 4.69) is 12.2 Å². The lowest BCUT2D eigenvalue weighted by atomic mass is 9.98. The summed E-state index contributed by atoms with van der Waals surface area (Å²) in [6, 6.07) is 0. The summed E-state index contributed by atoms with van der Waals surface area (Å²) in [4.78, 5) is 12.0. The molecular formula is C34H67NO2. The van der Waals surface area contributed by atoms with Gasteiger partial charge in [-0.1, -0.05) is 167 Å². The smallest absolute Gasteiger partial charge is 0.309 e. The Morgan fingerprint density at radius 3 is 1.14 bits per heavy atom. The minimum absolute atomic E-state index is 0.0427. The highest BCUT2D eigenvalue weighted by atomic mass is 16.5. The molecule has 1 saturated heterocycles. The third kappa shape index (κ3) is 24.2. The molecule has 0 amide bonds. The van der Waals surface area contributed by atoms with Gasteiger partial charge in [-0.3, -0.25) is 4.79 Å². The van der Waals surface area contributed by atoms with Gasteiger partial charge in [0.2, 0.25) is 0 Å². The molecule has 3 heteroatoms. The summed E-state index contributed by atoms with van der Waals surface area (Å²) in [6.45, 7) is 4.84. The van der Waals surface area contributed by atoms with Crippen LogP contribution in [0.5, 0.6) is 0 Å². The molecular weight excluding hydrogens is 454 g/mol. The van der Waals surface area contributed by atoms with Crippen LogP contribution < -0.4 is 5.32 Å². The molecule has 1 rings (SSSR count). The Hall–Kier alpha value is -0.570. The van der Waals surface area contributed by atoms with E-state index >= 15 is 0 Å². The largest absolute Gasteiger partial charge is 0.465 e. The number of piperidine rings is 1. The molecule has 1 aliphatic rings. The van der Waals surface area contributed by atoms with Crippen molar-refractivity contribution < 1.29 is 9.53 Å². The van der Waals surface area contributed by atoms with Crippen molar-refractivity contribution in [3.05, 3.63) is 0 Å². The lowest BCUT2D eigenvalue weighted by Crippen LogP contribution is -2.32. The predicted octanol–water partition coefficient (Wildman–Crippen LogP) is 10.7. The number of hydrogen-bond donors (Lipinski definition) is 1. The molecule has 0 spiro atoms. The average Bonchev–Trinajstić information content (AvgIpc) is 2.93. The number of carbonyl (C=O) groups is 1. The number of hydrogen-bond acceptors (Lipinski definition) is 3. The third-order valence-corrected chi connectivity index (χ3v) is 8.41. The summed E-state index contributed by atoms with van der Waals surface area (Å²) >= 11 is 0. The maximum absolute atomic E-state index is 12.0. The number of rotatable bonds is 28. The van der Waals surface area contributed by atoms with Crippen LogP contribution >= 0.6 is 0 Å². The Labute approximate surface area is 233 Å². The predicted molar refractivity (Wildman–Crippen MR) is 162 cm³/mol. The van der Waals surface area contributed by atoms with E-state index in [1.54, 1.807) is 0 Å². The minimum atomic E-state index is 0.0427. The molecule has 0 unspecified atom stereocenters. The van der Waals surface area contributed by atoms with E-state index in [0.29, 0.717) is 6.61 Å². The monoisotopic (exact) mass is 522 g/mol. The van der Waals surface area contributed by atoms with Gasteiger partial charge in [0, 0.05) is 0 Å². The molecule has 1 fully saturated rings. The Bertz CT molecular complexity index is 461. The summed E-state index contributed by atoms with van der Waals surface area (Å²) in [5.74, 6) is 0.186. The average molecular weight is 522 g/mol. The van der Waals surface area contributed by atoms with Crippen molar-refractivity contribution in [3.8, 4) is 0 Å². The summed E-state index contributed by atoms with van der Waals surface area (Å²) < 4.78 is 5.47. The van der Waals surface area contributed by atoms with Crippen LogP contribution in [0.15, 0.2) is 0 Å². The molecule has 0 aromatic carbocycles. The van der Waals surface area contributed by atoms with Crippen LogP contribution in [0.3, 0.4) is 0 Å². The van der Waals surface area contributed by atoms with E-state index in [9.17, 15) is 4.79 Å². The number of carbonyl (C=O) groups excluding carboxylic acids is 1. The maximum Gasteiger partial charge on any atom is 0.309 e. The summed E-state index contributed by atoms with van der Waals surface area (Å²) in [5.41, 5.74) is 0. The van der Waals surface area contributed by atoms with E-state index in [1.165, 1.54) is 161 Å². The zero-order valence-corrected chi connectivity index (χ0v) is 25.3. The topological polar surface area (TPSA) is 38.3 Å². The van der Waals surface area contributed by atoms with Crippen molar-refractivity contribution in [1.82, 2.24) is 5.32 Å². The number of esters is 1. The molecule has 220 valence electrons. The Morgan fingerprint density at radius 2 is 0.811 bits per heavy atom. The van der Waals surface area contributed by atoms with Crippen LogP contribution in [-0.2, 0) is 9.53 Å². The van der Waals surface area contributed by atoms with Crippen molar-refractivity contribution in [3.63, 3.8) is 0 Å². The van der Waals surface area contributed by atoms with E-state index in [1.807, 2.05) is 0 Å². The van der Waals surface area contributed by atoms with Crippen molar-refractivity contribution in [2.24, 2.45) is 5.92 Å². The van der Waals surface area contributed by atoms with Gasteiger partial charge in [-0.15, -0.1) is 0 Å². The molecule has 1 N–H and O–H groups in total. The van der Waals surface area contributed by atoms with Crippen molar-refractivity contribution in [1.29, 1.82) is 0 Å². The van der Waals surface area contributed by atoms with E-state index < -0.39 is 0 Å². The molecule has 0 atom stereocenters. The van der Waals surface area contributed by atoms with Gasteiger partial charge in [0.25, 0.3) is 0 Å². The van der Waals surface area contributed by atoms with Crippen LogP contribution in [0.1, 0.15) is 187 Å². The molecule has 0 aromatic rings. The summed E-state index contributed by atoms with van der Waals surface area (Å²) in [5, 5.41) is 3.30. The van der Waals surface area contributed by atoms with Crippen molar-refractivity contribution in [2.45, 2.75) is 187 Å². The SMILES string of the molecule is CCCCCCCCCCCCCCCCCCCCCCCCCCCCOC(=O)C1CCNCC1. The van der Waals surface area contributed by atoms with Gasteiger partial charge in [0.15, 0.2) is 0 Å². The Morgan fingerprint density at radius 1 is 0.514 bits per heavy atom. The van der Waals surface area contributed by atoms with E-state index in [4.69, 9.17) is 4.74 Å².